The van der Waals surface area contributed by atoms with Gasteiger partial charge in [-0.1, -0.05) is 13.0 Å². The lowest BCUT2D eigenvalue weighted by atomic mass is 10.1. The van der Waals surface area contributed by atoms with E-state index >= 15 is 0 Å². The minimum Gasteiger partial charge on any atom is -0.228 e. The molecule has 2 rings (SSSR count). The Morgan fingerprint density at radius 3 is 3.17 bits per heavy atom. The average molecular weight is 163 g/mol. The SMILES string of the molecule is CCC1=CCc2c1ccnc2F. The van der Waals surface area contributed by atoms with E-state index in [1.54, 1.807) is 0 Å². The molecule has 1 aliphatic rings. The van der Waals surface area contributed by atoms with Crippen molar-refractivity contribution in [1.82, 2.24) is 4.98 Å². The van der Waals surface area contributed by atoms with Crippen molar-refractivity contribution in [2.24, 2.45) is 0 Å². The van der Waals surface area contributed by atoms with Crippen LogP contribution in [0.4, 0.5) is 4.39 Å². The summed E-state index contributed by atoms with van der Waals surface area (Å²) in [5.74, 6) is -0.313. The van der Waals surface area contributed by atoms with Crippen LogP contribution in [0.3, 0.4) is 0 Å². The maximum absolute atomic E-state index is 13.1. The first-order chi connectivity index (χ1) is 5.83. The number of pyridine rings is 1. The molecule has 0 N–H and O–H groups in total. The maximum Gasteiger partial charge on any atom is 0.216 e. The highest BCUT2D eigenvalue weighted by atomic mass is 19.1. The largest absolute Gasteiger partial charge is 0.228 e. The van der Waals surface area contributed by atoms with Crippen molar-refractivity contribution in [2.75, 3.05) is 0 Å². The lowest BCUT2D eigenvalue weighted by molar-refractivity contribution is 0.571. The fraction of sp³-hybridized carbons (Fsp3) is 0.300. The molecule has 1 aliphatic carbocycles. The molecule has 1 nitrogen and oxygen atoms in total. The van der Waals surface area contributed by atoms with Crippen LogP contribution in [-0.2, 0) is 6.42 Å². The molecule has 1 heterocycles. The molecule has 1 aromatic heterocycles. The minimum atomic E-state index is -0.313. The van der Waals surface area contributed by atoms with Gasteiger partial charge in [0.15, 0.2) is 0 Å². The van der Waals surface area contributed by atoms with Crippen molar-refractivity contribution in [3.05, 3.63) is 35.4 Å². The Morgan fingerprint density at radius 1 is 1.58 bits per heavy atom. The molecule has 0 bridgehead atoms. The Morgan fingerprint density at radius 2 is 2.42 bits per heavy atom. The van der Waals surface area contributed by atoms with E-state index in [1.807, 2.05) is 6.07 Å². The summed E-state index contributed by atoms with van der Waals surface area (Å²) >= 11 is 0. The summed E-state index contributed by atoms with van der Waals surface area (Å²) < 4.78 is 13.1. The van der Waals surface area contributed by atoms with Crippen molar-refractivity contribution < 1.29 is 4.39 Å². The molecule has 0 amide bonds. The Hall–Kier alpha value is -1.18. The van der Waals surface area contributed by atoms with Crippen LogP contribution in [-0.4, -0.2) is 4.98 Å². The fourth-order valence-electron chi connectivity index (χ4n) is 1.63. The second kappa shape index (κ2) is 2.70. The third kappa shape index (κ3) is 0.951. The first kappa shape index (κ1) is 7.47. The predicted molar refractivity (Wildman–Crippen MR) is 46.2 cm³/mol. The summed E-state index contributed by atoms with van der Waals surface area (Å²) in [6, 6.07) is 1.89. The van der Waals surface area contributed by atoms with Gasteiger partial charge in [0.25, 0.3) is 0 Å². The van der Waals surface area contributed by atoms with E-state index < -0.39 is 0 Å². The number of rotatable bonds is 1. The van der Waals surface area contributed by atoms with E-state index in [1.165, 1.54) is 11.8 Å². The van der Waals surface area contributed by atoms with E-state index in [-0.39, 0.29) is 5.95 Å². The zero-order valence-electron chi connectivity index (χ0n) is 6.97. The summed E-state index contributed by atoms with van der Waals surface area (Å²) in [6.07, 6.45) is 5.28. The Kier molecular flexibility index (Phi) is 1.68. The zero-order valence-corrected chi connectivity index (χ0v) is 6.97. The normalized spacial score (nSPS) is 14.3. The van der Waals surface area contributed by atoms with E-state index in [0.717, 1.165) is 17.5 Å². The summed E-state index contributed by atoms with van der Waals surface area (Å²) in [6.45, 7) is 2.08. The topological polar surface area (TPSA) is 12.9 Å². The molecule has 1 aromatic rings. The Bertz CT molecular complexity index is 342. The van der Waals surface area contributed by atoms with Crippen LogP contribution < -0.4 is 0 Å². The number of hydrogen-bond donors (Lipinski definition) is 0. The Balaban J connectivity index is 2.53. The fourth-order valence-corrected chi connectivity index (χ4v) is 1.63. The van der Waals surface area contributed by atoms with Crippen molar-refractivity contribution in [1.29, 1.82) is 0 Å². The van der Waals surface area contributed by atoms with Gasteiger partial charge < -0.3 is 0 Å². The third-order valence-electron chi connectivity index (χ3n) is 2.28. The molecule has 0 radical (unpaired) electrons. The second-order valence-electron chi connectivity index (χ2n) is 2.91. The van der Waals surface area contributed by atoms with Gasteiger partial charge in [-0.15, -0.1) is 0 Å². The van der Waals surface area contributed by atoms with Gasteiger partial charge in [0.1, 0.15) is 0 Å². The van der Waals surface area contributed by atoms with E-state index in [2.05, 4.69) is 18.0 Å². The predicted octanol–water partition coefficient (Wildman–Crippen LogP) is 2.57. The lowest BCUT2D eigenvalue weighted by Gasteiger charge is -2.01. The average Bonchev–Trinajstić information content (AvgIpc) is 2.49. The first-order valence-corrected chi connectivity index (χ1v) is 4.15. The van der Waals surface area contributed by atoms with Crippen molar-refractivity contribution >= 4 is 5.57 Å². The minimum absolute atomic E-state index is 0.313. The molecular weight excluding hydrogens is 153 g/mol. The van der Waals surface area contributed by atoms with Gasteiger partial charge in [-0.25, -0.2) is 4.98 Å². The second-order valence-corrected chi connectivity index (χ2v) is 2.91. The standard InChI is InChI=1S/C10H10FN/c1-2-7-3-4-9-8(7)5-6-12-10(9)11/h3,5-6H,2,4H2,1H3. The quantitative estimate of drug-likeness (QED) is 0.580. The summed E-state index contributed by atoms with van der Waals surface area (Å²) in [5.41, 5.74) is 3.05. The molecule has 0 aliphatic heterocycles. The molecule has 0 fully saturated rings. The van der Waals surface area contributed by atoms with Gasteiger partial charge in [-0.05, 0) is 30.0 Å². The number of aromatic nitrogens is 1. The molecule has 0 saturated carbocycles. The molecular formula is C10H10FN. The van der Waals surface area contributed by atoms with Gasteiger partial charge in [0, 0.05) is 11.8 Å². The van der Waals surface area contributed by atoms with Crippen LogP contribution in [0.25, 0.3) is 5.57 Å². The number of fused-ring (bicyclic) bond motifs is 1. The van der Waals surface area contributed by atoms with Crippen molar-refractivity contribution in [3.8, 4) is 0 Å². The van der Waals surface area contributed by atoms with Crippen LogP contribution in [0.1, 0.15) is 24.5 Å². The summed E-state index contributed by atoms with van der Waals surface area (Å²) in [4.78, 5) is 3.62. The molecule has 0 atom stereocenters. The Labute approximate surface area is 70.9 Å². The van der Waals surface area contributed by atoms with Crippen molar-refractivity contribution in [2.45, 2.75) is 19.8 Å². The number of allylic oxidation sites excluding steroid dienone is 2. The molecule has 0 unspecified atom stereocenters. The number of nitrogens with zero attached hydrogens (tertiary/aromatic N) is 1. The van der Waals surface area contributed by atoms with Gasteiger partial charge >= 0.3 is 0 Å². The van der Waals surface area contributed by atoms with E-state index in [4.69, 9.17) is 0 Å². The smallest absolute Gasteiger partial charge is 0.216 e. The molecule has 12 heavy (non-hydrogen) atoms. The van der Waals surface area contributed by atoms with Gasteiger partial charge in [-0.3, -0.25) is 0 Å². The molecule has 0 aromatic carbocycles. The monoisotopic (exact) mass is 163 g/mol. The maximum atomic E-state index is 13.1. The van der Waals surface area contributed by atoms with Crippen LogP contribution in [0, 0.1) is 5.95 Å². The van der Waals surface area contributed by atoms with Gasteiger partial charge in [0.2, 0.25) is 5.95 Å². The third-order valence-corrected chi connectivity index (χ3v) is 2.28. The highest BCUT2D eigenvalue weighted by Gasteiger charge is 2.16. The number of hydrogen-bond acceptors (Lipinski definition) is 1. The first-order valence-electron chi connectivity index (χ1n) is 4.15. The van der Waals surface area contributed by atoms with Crippen LogP contribution in [0.15, 0.2) is 18.3 Å². The summed E-state index contributed by atoms with van der Waals surface area (Å²) in [7, 11) is 0. The number of halogens is 1. The van der Waals surface area contributed by atoms with Crippen molar-refractivity contribution in [3.63, 3.8) is 0 Å². The lowest BCUT2D eigenvalue weighted by Crippen LogP contribution is -1.92. The molecule has 2 heteroatoms. The van der Waals surface area contributed by atoms with Gasteiger partial charge in [-0.2, -0.15) is 4.39 Å². The zero-order chi connectivity index (χ0) is 8.55. The molecule has 0 saturated heterocycles. The highest BCUT2D eigenvalue weighted by molar-refractivity contribution is 5.72. The molecule has 62 valence electrons. The summed E-state index contributed by atoms with van der Waals surface area (Å²) in [5, 5.41) is 0. The van der Waals surface area contributed by atoms with Crippen LogP contribution in [0.5, 0.6) is 0 Å². The van der Waals surface area contributed by atoms with Crippen LogP contribution >= 0.6 is 0 Å². The van der Waals surface area contributed by atoms with E-state index in [0.29, 0.717) is 6.42 Å². The highest BCUT2D eigenvalue weighted by Crippen LogP contribution is 2.29. The van der Waals surface area contributed by atoms with Crippen LogP contribution in [0.2, 0.25) is 0 Å². The van der Waals surface area contributed by atoms with E-state index in [9.17, 15) is 4.39 Å². The van der Waals surface area contributed by atoms with Gasteiger partial charge in [0.05, 0.1) is 0 Å². The molecule has 0 spiro atoms.